The second kappa shape index (κ2) is 16.0. The van der Waals surface area contributed by atoms with Crippen LogP contribution in [0.3, 0.4) is 0 Å². The van der Waals surface area contributed by atoms with Gasteiger partial charge in [0.1, 0.15) is 0 Å². The minimum absolute atomic E-state index is 0. The van der Waals surface area contributed by atoms with Crippen molar-refractivity contribution in [1.82, 2.24) is 4.90 Å². The Kier molecular flexibility index (Phi) is 17.0. The lowest BCUT2D eigenvalue weighted by molar-refractivity contribution is -0.138. The topological polar surface area (TPSA) is 87.1 Å². The molecule has 0 radical (unpaired) electrons. The number of rotatable bonds is 15. The van der Waals surface area contributed by atoms with Gasteiger partial charge in [-0.3, -0.25) is 9.59 Å². The van der Waals surface area contributed by atoms with Gasteiger partial charge in [-0.25, -0.2) is 0 Å². The van der Waals surface area contributed by atoms with Crippen LogP contribution in [0.1, 0.15) is 57.8 Å². The molecule has 0 rings (SSSR count). The molecule has 0 atom stereocenters. The van der Waals surface area contributed by atoms with Gasteiger partial charge in [0, 0.05) is 19.4 Å². The molecule has 23 heavy (non-hydrogen) atoms. The summed E-state index contributed by atoms with van der Waals surface area (Å²) < 4.78 is 5.89. The van der Waals surface area contributed by atoms with Crippen molar-refractivity contribution in [1.29, 1.82) is 0 Å². The molecule has 0 aliphatic heterocycles. The average molecular weight is 354 g/mol. The lowest BCUT2D eigenvalue weighted by Gasteiger charge is -2.18. The summed E-state index contributed by atoms with van der Waals surface area (Å²) in [6.07, 6.45) is 6.19. The van der Waals surface area contributed by atoms with Crippen LogP contribution in [-0.2, 0) is 14.3 Å². The summed E-state index contributed by atoms with van der Waals surface area (Å²) in [5.74, 6) is -1.52. The molecular formula is C16H32ClNO5. The van der Waals surface area contributed by atoms with Gasteiger partial charge < -0.3 is 19.8 Å². The number of carboxylic acid groups (broad SMARTS) is 2. The highest BCUT2D eigenvalue weighted by molar-refractivity contribution is 5.85. The van der Waals surface area contributed by atoms with Gasteiger partial charge in [0.25, 0.3) is 0 Å². The summed E-state index contributed by atoms with van der Waals surface area (Å²) in [7, 11) is 4.05. The van der Waals surface area contributed by atoms with Crippen LogP contribution in [0.2, 0.25) is 0 Å². The molecule has 0 amide bonds. The predicted octanol–water partition coefficient (Wildman–Crippen LogP) is 3.04. The smallest absolute Gasteiger partial charge is 0.303 e. The van der Waals surface area contributed by atoms with Crippen LogP contribution in [0.5, 0.6) is 0 Å². The van der Waals surface area contributed by atoms with Crippen molar-refractivity contribution in [2.45, 2.75) is 63.9 Å². The Morgan fingerprint density at radius 2 is 1.39 bits per heavy atom. The number of carboxylic acids is 2. The summed E-state index contributed by atoms with van der Waals surface area (Å²) in [6, 6.07) is 0. The fourth-order valence-electron chi connectivity index (χ4n) is 2.24. The molecule has 7 heteroatoms. The van der Waals surface area contributed by atoms with E-state index in [0.717, 1.165) is 38.6 Å². The second-order valence-electron chi connectivity index (χ2n) is 5.93. The van der Waals surface area contributed by atoms with Crippen LogP contribution in [-0.4, -0.2) is 60.4 Å². The summed E-state index contributed by atoms with van der Waals surface area (Å²) in [6.45, 7) is 1.67. The molecule has 0 spiro atoms. The van der Waals surface area contributed by atoms with E-state index in [9.17, 15) is 9.59 Å². The van der Waals surface area contributed by atoms with E-state index in [2.05, 4.69) is 4.90 Å². The molecule has 6 nitrogen and oxygen atoms in total. The fourth-order valence-corrected chi connectivity index (χ4v) is 2.24. The van der Waals surface area contributed by atoms with E-state index in [1.807, 2.05) is 14.1 Å². The number of ether oxygens (including phenoxy) is 1. The number of nitrogens with zero attached hydrogens (tertiary/aromatic N) is 1. The maximum atomic E-state index is 10.5. The maximum absolute atomic E-state index is 10.5. The monoisotopic (exact) mass is 353 g/mol. The zero-order valence-corrected chi connectivity index (χ0v) is 15.1. The number of hydrogen-bond donors (Lipinski definition) is 2. The molecular weight excluding hydrogens is 322 g/mol. The Labute approximate surface area is 145 Å². The predicted molar refractivity (Wildman–Crippen MR) is 92.4 cm³/mol. The van der Waals surface area contributed by atoms with Gasteiger partial charge in [-0.05, 0) is 52.7 Å². The average Bonchev–Trinajstić information content (AvgIpc) is 2.42. The van der Waals surface area contributed by atoms with E-state index < -0.39 is 11.9 Å². The first-order valence-corrected chi connectivity index (χ1v) is 8.11. The third-order valence-corrected chi connectivity index (χ3v) is 3.44. The Hall–Kier alpha value is -0.850. The van der Waals surface area contributed by atoms with Crippen LogP contribution in [0.15, 0.2) is 0 Å². The molecule has 0 aromatic rings. The molecule has 0 saturated heterocycles. The zero-order valence-electron chi connectivity index (χ0n) is 14.3. The van der Waals surface area contributed by atoms with Crippen molar-refractivity contribution in [3.63, 3.8) is 0 Å². The Morgan fingerprint density at radius 1 is 0.913 bits per heavy atom. The summed E-state index contributed by atoms with van der Waals surface area (Å²) in [5, 5.41) is 17.3. The van der Waals surface area contributed by atoms with E-state index in [0.29, 0.717) is 19.4 Å². The third-order valence-electron chi connectivity index (χ3n) is 3.44. The van der Waals surface area contributed by atoms with Crippen molar-refractivity contribution >= 4 is 24.3 Å². The summed E-state index contributed by atoms with van der Waals surface area (Å²) >= 11 is 0. The van der Waals surface area contributed by atoms with Crippen LogP contribution in [0.4, 0.5) is 0 Å². The highest BCUT2D eigenvalue weighted by Gasteiger charge is 2.10. The first kappa shape index (κ1) is 24.4. The molecule has 0 saturated carbocycles. The molecule has 0 aromatic heterocycles. The maximum Gasteiger partial charge on any atom is 0.303 e. The van der Waals surface area contributed by atoms with E-state index in [-0.39, 0.29) is 31.4 Å². The van der Waals surface area contributed by atoms with Crippen LogP contribution in [0.25, 0.3) is 0 Å². The van der Waals surface area contributed by atoms with Gasteiger partial charge in [0.05, 0.1) is 6.10 Å². The lowest BCUT2D eigenvalue weighted by Crippen LogP contribution is -2.19. The second-order valence-corrected chi connectivity index (χ2v) is 5.93. The molecule has 0 aromatic carbocycles. The zero-order chi connectivity index (χ0) is 16.8. The summed E-state index contributed by atoms with van der Waals surface area (Å²) in [5.41, 5.74) is 0. The lowest BCUT2D eigenvalue weighted by atomic mass is 10.0. The summed E-state index contributed by atoms with van der Waals surface area (Å²) in [4.78, 5) is 23.1. The van der Waals surface area contributed by atoms with E-state index in [1.54, 1.807) is 0 Å². The SMILES string of the molecule is CN(C)CCCOC(CCCCC(=O)O)CCCCC(=O)O.Cl. The van der Waals surface area contributed by atoms with Crippen molar-refractivity contribution in [2.75, 3.05) is 27.2 Å². The number of halogens is 1. The van der Waals surface area contributed by atoms with Gasteiger partial charge in [-0.1, -0.05) is 12.8 Å². The molecule has 0 fully saturated rings. The molecule has 0 unspecified atom stereocenters. The molecule has 0 aliphatic rings. The van der Waals surface area contributed by atoms with Crippen LogP contribution >= 0.6 is 12.4 Å². The van der Waals surface area contributed by atoms with Crippen molar-refractivity contribution in [3.8, 4) is 0 Å². The number of unbranched alkanes of at least 4 members (excludes halogenated alkanes) is 2. The van der Waals surface area contributed by atoms with Gasteiger partial charge in [-0.15, -0.1) is 12.4 Å². The van der Waals surface area contributed by atoms with Crippen molar-refractivity contribution < 1.29 is 24.5 Å². The largest absolute Gasteiger partial charge is 0.481 e. The van der Waals surface area contributed by atoms with E-state index >= 15 is 0 Å². The third kappa shape index (κ3) is 19.1. The first-order valence-electron chi connectivity index (χ1n) is 8.11. The highest BCUT2D eigenvalue weighted by Crippen LogP contribution is 2.15. The molecule has 0 heterocycles. The Balaban J connectivity index is 0. The minimum atomic E-state index is -0.759. The standard InChI is InChI=1S/C16H31NO5.ClH/c1-17(2)12-7-13-22-14(8-3-5-10-15(18)19)9-4-6-11-16(20)21;/h14H,3-13H2,1-2H3,(H,18,19)(H,20,21);1H. The fraction of sp³-hybridized carbons (Fsp3) is 0.875. The molecule has 138 valence electrons. The van der Waals surface area contributed by atoms with Gasteiger partial charge >= 0.3 is 11.9 Å². The van der Waals surface area contributed by atoms with Crippen molar-refractivity contribution in [2.24, 2.45) is 0 Å². The van der Waals surface area contributed by atoms with Gasteiger partial charge in [-0.2, -0.15) is 0 Å². The van der Waals surface area contributed by atoms with E-state index in [4.69, 9.17) is 14.9 Å². The van der Waals surface area contributed by atoms with Gasteiger partial charge in [0.2, 0.25) is 0 Å². The Bertz CT molecular complexity index is 291. The number of carbonyl (C=O) groups is 2. The normalized spacial score (nSPS) is 10.8. The highest BCUT2D eigenvalue weighted by atomic mass is 35.5. The molecule has 2 N–H and O–H groups in total. The molecule has 0 bridgehead atoms. The first-order chi connectivity index (χ1) is 10.4. The quantitative estimate of drug-likeness (QED) is 0.440. The Morgan fingerprint density at radius 3 is 1.78 bits per heavy atom. The minimum Gasteiger partial charge on any atom is -0.481 e. The van der Waals surface area contributed by atoms with Crippen LogP contribution < -0.4 is 0 Å². The number of hydrogen-bond acceptors (Lipinski definition) is 4. The van der Waals surface area contributed by atoms with E-state index in [1.165, 1.54) is 0 Å². The number of aliphatic carboxylic acids is 2. The molecule has 0 aliphatic carbocycles. The van der Waals surface area contributed by atoms with Crippen LogP contribution in [0, 0.1) is 0 Å². The van der Waals surface area contributed by atoms with Crippen molar-refractivity contribution in [3.05, 3.63) is 0 Å². The van der Waals surface area contributed by atoms with Gasteiger partial charge in [0.15, 0.2) is 0 Å².